The van der Waals surface area contributed by atoms with Crippen LogP contribution in [0.5, 0.6) is 0 Å². The fourth-order valence-electron chi connectivity index (χ4n) is 2.30. The summed E-state index contributed by atoms with van der Waals surface area (Å²) in [6.07, 6.45) is 0.911. The van der Waals surface area contributed by atoms with E-state index in [1.807, 2.05) is 25.1 Å². The first kappa shape index (κ1) is 14.3. The van der Waals surface area contributed by atoms with E-state index in [2.05, 4.69) is 34.3 Å². The molecule has 3 rings (SSSR count). The Labute approximate surface area is 133 Å². The molecule has 0 atom stereocenters. The number of benzene rings is 1. The number of rotatable bonds is 4. The van der Waals surface area contributed by atoms with E-state index in [0.29, 0.717) is 0 Å². The number of hydrogen-bond acceptors (Lipinski definition) is 4. The Kier molecular flexibility index (Phi) is 4.08. The molecule has 0 spiro atoms. The summed E-state index contributed by atoms with van der Waals surface area (Å²) in [5.41, 5.74) is 1.22. The van der Waals surface area contributed by atoms with Gasteiger partial charge in [-0.15, -0.1) is 11.3 Å². The van der Waals surface area contributed by atoms with E-state index in [0.717, 1.165) is 39.8 Å². The van der Waals surface area contributed by atoms with Crippen LogP contribution < -0.4 is 5.32 Å². The lowest BCUT2D eigenvalue weighted by Crippen LogP contribution is -2.07. The summed E-state index contributed by atoms with van der Waals surface area (Å²) in [5.74, 6) is 1.72. The predicted molar refractivity (Wildman–Crippen MR) is 90.5 cm³/mol. The van der Waals surface area contributed by atoms with Crippen molar-refractivity contribution in [1.29, 1.82) is 0 Å². The standard InChI is InChI=1S/C16H16ClN3S/c1-10-8-14-15(19-11(2)20-16(14)21-10)18-7-6-12-4-3-5-13(17)9-12/h3-5,8-9H,6-7H2,1-2H3,(H,18,19,20). The first-order valence-corrected chi connectivity index (χ1v) is 8.04. The van der Waals surface area contributed by atoms with Crippen molar-refractivity contribution in [1.82, 2.24) is 9.97 Å². The number of aryl methyl sites for hydroxylation is 2. The highest BCUT2D eigenvalue weighted by atomic mass is 35.5. The first-order chi connectivity index (χ1) is 10.1. The maximum absolute atomic E-state index is 6.00. The minimum absolute atomic E-state index is 0.779. The van der Waals surface area contributed by atoms with Gasteiger partial charge in [0.05, 0.1) is 5.39 Å². The van der Waals surface area contributed by atoms with Gasteiger partial charge in [-0.25, -0.2) is 9.97 Å². The number of aromatic nitrogens is 2. The van der Waals surface area contributed by atoms with E-state index >= 15 is 0 Å². The Hall–Kier alpha value is -1.65. The third-order valence-electron chi connectivity index (χ3n) is 3.22. The number of fused-ring (bicyclic) bond motifs is 1. The van der Waals surface area contributed by atoms with Crippen molar-refractivity contribution in [2.75, 3.05) is 11.9 Å². The van der Waals surface area contributed by atoms with Crippen LogP contribution in [0, 0.1) is 13.8 Å². The summed E-state index contributed by atoms with van der Waals surface area (Å²) >= 11 is 7.71. The van der Waals surface area contributed by atoms with E-state index < -0.39 is 0 Å². The molecule has 0 radical (unpaired) electrons. The molecular formula is C16H16ClN3S. The van der Waals surface area contributed by atoms with Gasteiger partial charge in [-0.3, -0.25) is 0 Å². The SMILES string of the molecule is Cc1nc(NCCc2cccc(Cl)c2)c2cc(C)sc2n1. The van der Waals surface area contributed by atoms with Gasteiger partial charge in [0.15, 0.2) is 0 Å². The zero-order chi connectivity index (χ0) is 14.8. The van der Waals surface area contributed by atoms with Crippen LogP contribution in [-0.2, 0) is 6.42 Å². The molecule has 2 heterocycles. The molecule has 3 nitrogen and oxygen atoms in total. The second-order valence-electron chi connectivity index (χ2n) is 5.00. The van der Waals surface area contributed by atoms with Crippen LogP contribution in [0.2, 0.25) is 5.02 Å². The Balaban J connectivity index is 1.76. The summed E-state index contributed by atoms with van der Waals surface area (Å²) < 4.78 is 0. The molecule has 0 aliphatic heterocycles. The van der Waals surface area contributed by atoms with Gasteiger partial charge in [0.1, 0.15) is 16.5 Å². The molecule has 1 aromatic carbocycles. The van der Waals surface area contributed by atoms with Crippen molar-refractivity contribution >= 4 is 39.0 Å². The summed E-state index contributed by atoms with van der Waals surface area (Å²) in [4.78, 5) is 11.3. The first-order valence-electron chi connectivity index (χ1n) is 6.85. The van der Waals surface area contributed by atoms with Crippen LogP contribution >= 0.6 is 22.9 Å². The van der Waals surface area contributed by atoms with Crippen molar-refractivity contribution < 1.29 is 0 Å². The van der Waals surface area contributed by atoms with Gasteiger partial charge >= 0.3 is 0 Å². The zero-order valence-electron chi connectivity index (χ0n) is 12.0. The van der Waals surface area contributed by atoms with Crippen molar-refractivity contribution in [2.45, 2.75) is 20.3 Å². The number of anilines is 1. The van der Waals surface area contributed by atoms with Crippen LogP contribution in [0.3, 0.4) is 0 Å². The molecule has 21 heavy (non-hydrogen) atoms. The highest BCUT2D eigenvalue weighted by Crippen LogP contribution is 2.28. The molecule has 0 aliphatic carbocycles. The average molecular weight is 318 g/mol. The fourth-order valence-corrected chi connectivity index (χ4v) is 3.44. The Morgan fingerprint density at radius 3 is 2.86 bits per heavy atom. The fraction of sp³-hybridized carbons (Fsp3) is 0.250. The predicted octanol–water partition coefficient (Wildman–Crippen LogP) is 4.62. The van der Waals surface area contributed by atoms with Gasteiger partial charge < -0.3 is 5.32 Å². The zero-order valence-corrected chi connectivity index (χ0v) is 13.6. The topological polar surface area (TPSA) is 37.8 Å². The van der Waals surface area contributed by atoms with Crippen molar-refractivity contribution in [3.63, 3.8) is 0 Å². The molecule has 5 heteroatoms. The second-order valence-corrected chi connectivity index (χ2v) is 6.67. The summed E-state index contributed by atoms with van der Waals surface area (Å²) in [6, 6.07) is 10.1. The van der Waals surface area contributed by atoms with Gasteiger partial charge in [-0.2, -0.15) is 0 Å². The Morgan fingerprint density at radius 1 is 1.19 bits per heavy atom. The lowest BCUT2D eigenvalue weighted by molar-refractivity contribution is 0.995. The van der Waals surface area contributed by atoms with E-state index in [-0.39, 0.29) is 0 Å². The van der Waals surface area contributed by atoms with E-state index in [4.69, 9.17) is 11.6 Å². The number of halogens is 1. The maximum atomic E-state index is 6.00. The van der Waals surface area contributed by atoms with Gasteiger partial charge in [0, 0.05) is 16.4 Å². The Bertz CT molecular complexity index is 782. The van der Waals surface area contributed by atoms with Crippen LogP contribution in [0.15, 0.2) is 30.3 Å². The van der Waals surface area contributed by atoms with Gasteiger partial charge in [0.25, 0.3) is 0 Å². The molecule has 0 unspecified atom stereocenters. The highest BCUT2D eigenvalue weighted by molar-refractivity contribution is 7.18. The Morgan fingerprint density at radius 2 is 2.05 bits per heavy atom. The molecule has 0 saturated carbocycles. The van der Waals surface area contributed by atoms with Gasteiger partial charge in [-0.05, 0) is 44.0 Å². The molecule has 1 N–H and O–H groups in total. The van der Waals surface area contributed by atoms with E-state index in [1.54, 1.807) is 11.3 Å². The third-order valence-corrected chi connectivity index (χ3v) is 4.40. The largest absolute Gasteiger partial charge is 0.369 e. The maximum Gasteiger partial charge on any atom is 0.138 e. The number of thiophene rings is 1. The molecule has 0 saturated heterocycles. The smallest absolute Gasteiger partial charge is 0.138 e. The monoisotopic (exact) mass is 317 g/mol. The highest BCUT2D eigenvalue weighted by Gasteiger charge is 2.08. The third kappa shape index (κ3) is 3.34. The molecule has 0 fully saturated rings. The molecule has 0 aliphatic rings. The molecular weight excluding hydrogens is 302 g/mol. The van der Waals surface area contributed by atoms with Crippen molar-refractivity contribution in [2.24, 2.45) is 0 Å². The minimum Gasteiger partial charge on any atom is -0.369 e. The molecule has 0 amide bonds. The normalized spacial score (nSPS) is 11.0. The summed E-state index contributed by atoms with van der Waals surface area (Å²) in [6.45, 7) is 4.84. The van der Waals surface area contributed by atoms with Gasteiger partial charge in [-0.1, -0.05) is 23.7 Å². The molecule has 3 aromatic rings. The number of nitrogens with zero attached hydrogens (tertiary/aromatic N) is 2. The lowest BCUT2D eigenvalue weighted by Gasteiger charge is -2.08. The lowest BCUT2D eigenvalue weighted by atomic mass is 10.1. The molecule has 108 valence electrons. The van der Waals surface area contributed by atoms with E-state index in [1.165, 1.54) is 10.4 Å². The summed E-state index contributed by atoms with van der Waals surface area (Å²) in [5, 5.41) is 5.31. The van der Waals surface area contributed by atoms with Crippen molar-refractivity contribution in [3.05, 3.63) is 51.6 Å². The van der Waals surface area contributed by atoms with Crippen LogP contribution in [0.25, 0.3) is 10.2 Å². The van der Waals surface area contributed by atoms with Crippen LogP contribution in [-0.4, -0.2) is 16.5 Å². The quantitative estimate of drug-likeness (QED) is 0.763. The van der Waals surface area contributed by atoms with Crippen LogP contribution in [0.1, 0.15) is 16.3 Å². The molecule has 0 bridgehead atoms. The van der Waals surface area contributed by atoms with Gasteiger partial charge in [0.2, 0.25) is 0 Å². The van der Waals surface area contributed by atoms with E-state index in [9.17, 15) is 0 Å². The second kappa shape index (κ2) is 6.00. The van der Waals surface area contributed by atoms with Crippen LogP contribution in [0.4, 0.5) is 5.82 Å². The summed E-state index contributed by atoms with van der Waals surface area (Å²) in [7, 11) is 0. The molecule has 2 aromatic heterocycles. The average Bonchev–Trinajstić information content (AvgIpc) is 2.79. The minimum atomic E-state index is 0.779. The number of hydrogen-bond donors (Lipinski definition) is 1. The van der Waals surface area contributed by atoms with Crippen molar-refractivity contribution in [3.8, 4) is 0 Å². The number of nitrogens with one attached hydrogen (secondary N) is 1.